The third-order valence-electron chi connectivity index (χ3n) is 7.58. The molecule has 230 valence electrons. The molecule has 4 heteroatoms. The third-order valence-corrected chi connectivity index (χ3v) is 7.84. The van der Waals surface area contributed by atoms with Crippen LogP contribution >= 0.6 is 11.6 Å². The zero-order valence-corrected chi connectivity index (χ0v) is 27.1. The van der Waals surface area contributed by atoms with E-state index in [2.05, 4.69) is 20.8 Å². The summed E-state index contributed by atoms with van der Waals surface area (Å²) in [5, 5.41) is 0. The van der Waals surface area contributed by atoms with Gasteiger partial charge in [0.2, 0.25) is 0 Å². The number of unbranched alkanes of at least 4 members (excludes halogenated alkanes) is 21. The maximum absolute atomic E-state index is 6.53. The zero-order valence-electron chi connectivity index (χ0n) is 26.3. The Morgan fingerprint density at radius 2 is 0.658 bits per heavy atom. The molecule has 0 aromatic rings. The van der Waals surface area contributed by atoms with Crippen molar-refractivity contribution in [2.45, 2.75) is 194 Å². The summed E-state index contributed by atoms with van der Waals surface area (Å²) in [5.41, 5.74) is 0. The number of halogens is 1. The lowest BCUT2D eigenvalue weighted by Crippen LogP contribution is -2.40. The first kappa shape index (κ1) is 38.2. The number of ether oxygens (including phenoxy) is 3. The highest BCUT2D eigenvalue weighted by atomic mass is 35.5. The molecule has 0 amide bonds. The van der Waals surface area contributed by atoms with Crippen LogP contribution in [0.5, 0.6) is 0 Å². The van der Waals surface area contributed by atoms with Crippen LogP contribution < -0.4 is 0 Å². The quantitative estimate of drug-likeness (QED) is 0.0453. The van der Waals surface area contributed by atoms with Crippen molar-refractivity contribution in [2.24, 2.45) is 0 Å². The van der Waals surface area contributed by atoms with Gasteiger partial charge in [0.05, 0.1) is 19.8 Å². The van der Waals surface area contributed by atoms with E-state index in [0.29, 0.717) is 0 Å². The average Bonchev–Trinajstić information content (AvgIpc) is 2.93. The van der Waals surface area contributed by atoms with Crippen LogP contribution in [0.4, 0.5) is 0 Å². The molecule has 0 N–H and O–H groups in total. The summed E-state index contributed by atoms with van der Waals surface area (Å²) >= 11 is 5.82. The molecule has 0 atom stereocenters. The fourth-order valence-corrected chi connectivity index (χ4v) is 5.18. The molecule has 0 aromatic heterocycles. The summed E-state index contributed by atoms with van der Waals surface area (Å²) in [4.78, 5) is 0. The van der Waals surface area contributed by atoms with E-state index in [1.165, 1.54) is 128 Å². The van der Waals surface area contributed by atoms with Gasteiger partial charge in [-0.2, -0.15) is 0 Å². The molecule has 0 bridgehead atoms. The lowest BCUT2D eigenvalue weighted by molar-refractivity contribution is -0.384. The fourth-order valence-electron chi connectivity index (χ4n) is 4.99. The van der Waals surface area contributed by atoms with Crippen LogP contribution in [0.2, 0.25) is 0 Å². The van der Waals surface area contributed by atoms with Crippen molar-refractivity contribution in [3.8, 4) is 0 Å². The van der Waals surface area contributed by atoms with E-state index in [-0.39, 0.29) is 0 Å². The van der Waals surface area contributed by atoms with E-state index in [0.717, 1.165) is 64.2 Å². The van der Waals surface area contributed by atoms with E-state index in [1.807, 2.05) is 0 Å². The van der Waals surface area contributed by atoms with Gasteiger partial charge in [-0.05, 0) is 32.1 Å². The molecule has 0 aliphatic heterocycles. The molecule has 0 radical (unpaired) electrons. The normalized spacial score (nSPS) is 12.0. The predicted octanol–water partition coefficient (Wildman–Crippen LogP) is 12.1. The van der Waals surface area contributed by atoms with Crippen molar-refractivity contribution < 1.29 is 14.2 Å². The highest BCUT2D eigenvalue weighted by molar-refractivity contribution is 6.17. The molecule has 0 rings (SSSR count). The second-order valence-electron chi connectivity index (χ2n) is 11.4. The molecular weight excluding hydrogens is 492 g/mol. The van der Waals surface area contributed by atoms with Crippen molar-refractivity contribution in [2.75, 3.05) is 25.7 Å². The minimum absolute atomic E-state index is 0.748. The molecule has 0 fully saturated rings. The Morgan fingerprint density at radius 3 is 1.00 bits per heavy atom. The van der Waals surface area contributed by atoms with Gasteiger partial charge in [0.15, 0.2) is 0 Å². The Balaban J connectivity index is 4.79. The lowest BCUT2D eigenvalue weighted by Gasteiger charge is -2.34. The summed E-state index contributed by atoms with van der Waals surface area (Å²) in [7, 11) is 0. The Bertz CT molecular complexity index is 386. The van der Waals surface area contributed by atoms with Crippen LogP contribution in [0.15, 0.2) is 0 Å². The maximum Gasteiger partial charge on any atom is 0.282 e. The van der Waals surface area contributed by atoms with Gasteiger partial charge >= 0.3 is 0 Å². The number of hydrogen-bond donors (Lipinski definition) is 0. The minimum atomic E-state index is -0.838. The van der Waals surface area contributed by atoms with Crippen molar-refractivity contribution >= 4 is 11.6 Å². The van der Waals surface area contributed by atoms with Crippen molar-refractivity contribution in [1.82, 2.24) is 0 Å². The number of rotatable bonds is 33. The first-order valence-corrected chi connectivity index (χ1v) is 17.8. The molecule has 0 heterocycles. The van der Waals surface area contributed by atoms with Crippen molar-refractivity contribution in [3.63, 3.8) is 0 Å². The first-order chi connectivity index (χ1) is 18.7. The zero-order chi connectivity index (χ0) is 27.8. The van der Waals surface area contributed by atoms with Gasteiger partial charge in [-0.15, -0.1) is 11.6 Å². The largest absolute Gasteiger partial charge is 0.327 e. The smallest absolute Gasteiger partial charge is 0.282 e. The molecule has 0 spiro atoms. The Hall–Kier alpha value is 0.170. The van der Waals surface area contributed by atoms with E-state index in [1.54, 1.807) is 0 Å². The highest BCUT2D eigenvalue weighted by Crippen LogP contribution is 2.26. The summed E-state index contributed by atoms with van der Waals surface area (Å²) < 4.78 is 19.6. The molecule has 0 aliphatic rings. The van der Waals surface area contributed by atoms with Gasteiger partial charge < -0.3 is 14.2 Å². The molecule has 0 aromatic carbocycles. The van der Waals surface area contributed by atoms with Crippen LogP contribution in [-0.4, -0.2) is 31.7 Å². The third kappa shape index (κ3) is 26.4. The van der Waals surface area contributed by atoms with Crippen LogP contribution in [0.1, 0.15) is 188 Å². The van der Waals surface area contributed by atoms with Crippen molar-refractivity contribution in [1.29, 1.82) is 0 Å². The van der Waals surface area contributed by atoms with Crippen LogP contribution in [0, 0.1) is 0 Å². The summed E-state index contributed by atoms with van der Waals surface area (Å²) in [6.07, 6.45) is 32.4. The number of hydrogen-bond acceptors (Lipinski definition) is 3. The second kappa shape index (κ2) is 31.7. The molecule has 0 aliphatic carbocycles. The second-order valence-corrected chi connectivity index (χ2v) is 11.8. The van der Waals surface area contributed by atoms with Gasteiger partial charge in [-0.3, -0.25) is 0 Å². The molecular formula is C34H69ClO3. The number of alkyl halides is 1. The van der Waals surface area contributed by atoms with Crippen LogP contribution in [-0.2, 0) is 14.2 Å². The monoisotopic (exact) mass is 560 g/mol. The molecule has 0 unspecified atom stereocenters. The highest BCUT2D eigenvalue weighted by Gasteiger charge is 2.33. The van der Waals surface area contributed by atoms with Gasteiger partial charge in [-0.1, -0.05) is 149 Å². The molecule has 3 nitrogen and oxygen atoms in total. The van der Waals surface area contributed by atoms with E-state index in [4.69, 9.17) is 25.8 Å². The maximum atomic E-state index is 6.53. The van der Waals surface area contributed by atoms with E-state index >= 15 is 0 Å². The topological polar surface area (TPSA) is 27.7 Å². The fraction of sp³-hybridized carbons (Fsp3) is 1.00. The van der Waals surface area contributed by atoms with Gasteiger partial charge in [0.1, 0.15) is 0 Å². The summed E-state index contributed by atoms with van der Waals surface area (Å²) in [6, 6.07) is 0. The van der Waals surface area contributed by atoms with Crippen molar-refractivity contribution in [3.05, 3.63) is 0 Å². The Morgan fingerprint density at radius 1 is 0.368 bits per heavy atom. The minimum Gasteiger partial charge on any atom is -0.327 e. The summed E-state index contributed by atoms with van der Waals surface area (Å²) in [5.74, 6) is -0.0424. The molecule has 0 saturated heterocycles. The van der Waals surface area contributed by atoms with Gasteiger partial charge in [0, 0.05) is 12.3 Å². The predicted molar refractivity (Wildman–Crippen MR) is 168 cm³/mol. The van der Waals surface area contributed by atoms with Crippen LogP contribution in [0.25, 0.3) is 0 Å². The first-order valence-electron chi connectivity index (χ1n) is 17.2. The van der Waals surface area contributed by atoms with Gasteiger partial charge in [-0.25, -0.2) is 0 Å². The van der Waals surface area contributed by atoms with Gasteiger partial charge in [0.25, 0.3) is 5.97 Å². The van der Waals surface area contributed by atoms with E-state index < -0.39 is 5.97 Å². The SMILES string of the molecule is CCCCCCCCOC(CCCCCCCCCCl)(OCCCCCCCC)OCCCCCCCC. The molecule has 38 heavy (non-hydrogen) atoms. The Kier molecular flexibility index (Phi) is 31.8. The average molecular weight is 561 g/mol. The Labute approximate surface area is 244 Å². The van der Waals surface area contributed by atoms with E-state index in [9.17, 15) is 0 Å². The lowest BCUT2D eigenvalue weighted by atomic mass is 10.1. The summed E-state index contributed by atoms with van der Waals surface area (Å²) in [6.45, 7) is 9.08. The molecule has 0 saturated carbocycles. The standard InChI is InChI=1S/C34H69ClO3/c1-4-7-10-13-21-26-31-36-34(37-32-27-22-14-11-8-5-2,38-33-28-23-15-12-9-6-3)29-24-19-17-16-18-20-25-30-35/h4-33H2,1-3H3. The van der Waals surface area contributed by atoms with Crippen LogP contribution in [0.3, 0.4) is 0 Å².